The molecule has 9 aromatic rings. The Labute approximate surface area is 352 Å². The Morgan fingerprint density at radius 1 is 0.550 bits per heavy atom. The summed E-state index contributed by atoms with van der Waals surface area (Å²) in [6.45, 7) is 12.4. The quantitative estimate of drug-likeness (QED) is 0.151. The highest BCUT2D eigenvalue weighted by molar-refractivity contribution is 7.05. The molecular weight excluding hydrogens is 749 g/mol. The number of anilines is 4. The minimum atomic E-state index is -2.00. The molecule has 0 saturated heterocycles. The van der Waals surface area contributed by atoms with Gasteiger partial charge in [-0.3, -0.25) is 4.57 Å². The van der Waals surface area contributed by atoms with E-state index in [1.165, 1.54) is 65.9 Å². The first-order valence-electron chi connectivity index (χ1n) is 20.9. The molecule has 0 bridgehead atoms. The minimum absolute atomic E-state index is 0.000378. The lowest BCUT2D eigenvalue weighted by atomic mass is 9.88. The van der Waals surface area contributed by atoms with E-state index in [1.807, 2.05) is 6.20 Å². The fourth-order valence-corrected chi connectivity index (χ4v) is 12.7. The highest BCUT2D eigenvalue weighted by atomic mass is 28.3. The maximum Gasteiger partial charge on any atom is 0.137 e. The SMILES string of the molecule is CC(C)(C)c1ccnc(-n2c3cccc4c3c3c(cc(Oc5cccc(N6CN(c7c(-c8ccccc8)cccc7-c7ccccc7)c7ccccc76)c5)cc32)[Si]4(C)C)c1. The van der Waals surface area contributed by atoms with E-state index in [9.17, 15) is 0 Å². The molecule has 4 heterocycles. The number of fused-ring (bicyclic) bond motifs is 1. The number of nitrogens with zero attached hydrogens (tertiary/aromatic N) is 4. The van der Waals surface area contributed by atoms with Gasteiger partial charge in [-0.2, -0.15) is 0 Å². The summed E-state index contributed by atoms with van der Waals surface area (Å²) in [6, 6.07) is 61.3. The van der Waals surface area contributed by atoms with E-state index < -0.39 is 8.07 Å². The van der Waals surface area contributed by atoms with Crippen molar-refractivity contribution in [1.29, 1.82) is 0 Å². The molecule has 2 aliphatic rings. The van der Waals surface area contributed by atoms with Crippen molar-refractivity contribution in [3.63, 3.8) is 0 Å². The molecular formula is C54H46N4OSi. The highest BCUT2D eigenvalue weighted by Gasteiger charge is 2.39. The molecule has 0 radical (unpaired) electrons. The number of hydrogen-bond donors (Lipinski definition) is 0. The van der Waals surface area contributed by atoms with Gasteiger partial charge in [0.2, 0.25) is 0 Å². The maximum atomic E-state index is 6.97. The monoisotopic (exact) mass is 794 g/mol. The number of pyridine rings is 1. The van der Waals surface area contributed by atoms with Crippen LogP contribution in [0.15, 0.2) is 176 Å². The number of ether oxygens (including phenoxy) is 1. The summed E-state index contributed by atoms with van der Waals surface area (Å²) in [7, 11) is -2.00. The summed E-state index contributed by atoms with van der Waals surface area (Å²) in [5.74, 6) is 2.58. The molecule has 0 spiro atoms. The van der Waals surface area contributed by atoms with Crippen LogP contribution in [0.25, 0.3) is 49.9 Å². The van der Waals surface area contributed by atoms with E-state index in [2.05, 4.69) is 218 Å². The average Bonchev–Trinajstić information content (AvgIpc) is 3.90. The standard InChI is InChI=1S/C54H46N4OSi/c1-54(2,3)38-29-30-55-50(31-38)58-46-27-16-28-48-51(46)52-47(58)33-41(34-49(52)60(48,4)5)59-40-22-14-21-39(32-40)56-35-57(45-26-13-12-25-44(45)56)53-42(36-17-8-6-9-18-36)23-15-24-43(53)37-19-10-7-11-20-37/h6-34H,35H2,1-5H3. The lowest BCUT2D eigenvalue weighted by Gasteiger charge is -2.27. The first-order valence-corrected chi connectivity index (χ1v) is 23.9. The Hall–Kier alpha value is -6.89. The number of hydrogen-bond acceptors (Lipinski definition) is 4. The van der Waals surface area contributed by atoms with Crippen LogP contribution in [-0.4, -0.2) is 24.3 Å². The third-order valence-electron chi connectivity index (χ3n) is 12.6. The van der Waals surface area contributed by atoms with Crippen LogP contribution in [0.4, 0.5) is 22.7 Å². The van der Waals surface area contributed by atoms with Gasteiger partial charge in [-0.15, -0.1) is 0 Å². The lowest BCUT2D eigenvalue weighted by molar-refractivity contribution is 0.483. The van der Waals surface area contributed by atoms with Crippen molar-refractivity contribution in [2.75, 3.05) is 16.5 Å². The second-order valence-electron chi connectivity index (χ2n) is 17.7. The van der Waals surface area contributed by atoms with Gasteiger partial charge in [0.1, 0.15) is 32.1 Å². The molecule has 0 atom stereocenters. The zero-order valence-corrected chi connectivity index (χ0v) is 35.6. The molecule has 292 valence electrons. The van der Waals surface area contributed by atoms with Crippen molar-refractivity contribution in [3.8, 4) is 39.6 Å². The van der Waals surface area contributed by atoms with Crippen LogP contribution < -0.4 is 24.9 Å². The summed E-state index contributed by atoms with van der Waals surface area (Å²) >= 11 is 0. The Morgan fingerprint density at radius 3 is 1.88 bits per heavy atom. The van der Waals surface area contributed by atoms with E-state index in [0.717, 1.165) is 34.2 Å². The second-order valence-corrected chi connectivity index (χ2v) is 22.0. The predicted molar refractivity (Wildman–Crippen MR) is 253 cm³/mol. The van der Waals surface area contributed by atoms with Gasteiger partial charge in [0.15, 0.2) is 0 Å². The predicted octanol–water partition coefficient (Wildman–Crippen LogP) is 13.0. The van der Waals surface area contributed by atoms with Crippen LogP contribution in [0.1, 0.15) is 26.3 Å². The number of rotatable bonds is 7. The fraction of sp³-hybridized carbons (Fsp3) is 0.130. The third-order valence-corrected chi connectivity index (χ3v) is 16.1. The van der Waals surface area contributed by atoms with Crippen LogP contribution in [-0.2, 0) is 5.41 Å². The van der Waals surface area contributed by atoms with Crippen LogP contribution in [0.5, 0.6) is 11.5 Å². The first-order chi connectivity index (χ1) is 29.1. The molecule has 0 fully saturated rings. The highest BCUT2D eigenvalue weighted by Crippen LogP contribution is 2.50. The third kappa shape index (κ3) is 5.69. The number of aromatic nitrogens is 2. The summed E-state index contributed by atoms with van der Waals surface area (Å²) in [4.78, 5) is 9.85. The van der Waals surface area contributed by atoms with Gasteiger partial charge in [0, 0.05) is 45.9 Å². The molecule has 60 heavy (non-hydrogen) atoms. The molecule has 0 N–H and O–H groups in total. The summed E-state index contributed by atoms with van der Waals surface area (Å²) in [5, 5.41) is 5.61. The average molecular weight is 795 g/mol. The molecule has 7 aromatic carbocycles. The van der Waals surface area contributed by atoms with E-state index >= 15 is 0 Å². The first kappa shape index (κ1) is 36.2. The lowest BCUT2D eigenvalue weighted by Crippen LogP contribution is -2.49. The summed E-state index contributed by atoms with van der Waals surface area (Å²) in [6.07, 6.45) is 1.95. The van der Waals surface area contributed by atoms with Gasteiger partial charge in [-0.25, -0.2) is 4.98 Å². The van der Waals surface area contributed by atoms with Crippen LogP contribution in [0.2, 0.25) is 13.1 Å². The topological polar surface area (TPSA) is 33.5 Å². The van der Waals surface area contributed by atoms with E-state index in [4.69, 9.17) is 9.72 Å². The molecule has 2 aromatic heterocycles. The molecule has 0 saturated carbocycles. The van der Waals surface area contributed by atoms with Crippen LogP contribution in [0, 0.1) is 0 Å². The smallest absolute Gasteiger partial charge is 0.137 e. The molecule has 0 aliphatic carbocycles. The molecule has 2 aliphatic heterocycles. The fourth-order valence-electron chi connectivity index (χ4n) is 9.64. The van der Waals surface area contributed by atoms with Gasteiger partial charge >= 0.3 is 0 Å². The Morgan fingerprint density at radius 2 is 1.18 bits per heavy atom. The van der Waals surface area contributed by atoms with Crippen molar-refractivity contribution in [1.82, 2.24) is 9.55 Å². The van der Waals surface area contributed by atoms with Crippen molar-refractivity contribution in [2.45, 2.75) is 39.3 Å². The van der Waals surface area contributed by atoms with Crippen LogP contribution in [0.3, 0.4) is 0 Å². The maximum absolute atomic E-state index is 6.97. The molecule has 6 heteroatoms. The Kier molecular flexibility index (Phi) is 8.20. The molecule has 0 amide bonds. The second kappa shape index (κ2) is 13.6. The van der Waals surface area contributed by atoms with Gasteiger partial charge < -0.3 is 14.5 Å². The van der Waals surface area contributed by atoms with Crippen molar-refractivity contribution in [2.24, 2.45) is 0 Å². The van der Waals surface area contributed by atoms with Crippen molar-refractivity contribution >= 4 is 63.0 Å². The molecule has 5 nitrogen and oxygen atoms in total. The van der Waals surface area contributed by atoms with Gasteiger partial charge in [-0.1, -0.05) is 143 Å². The van der Waals surface area contributed by atoms with Gasteiger partial charge in [0.25, 0.3) is 0 Å². The molecule has 11 rings (SSSR count). The largest absolute Gasteiger partial charge is 0.457 e. The van der Waals surface area contributed by atoms with Crippen molar-refractivity contribution in [3.05, 3.63) is 182 Å². The normalized spacial score (nSPS) is 14.1. The van der Waals surface area contributed by atoms with E-state index in [-0.39, 0.29) is 5.41 Å². The zero-order valence-electron chi connectivity index (χ0n) is 34.6. The number of benzene rings is 7. The van der Waals surface area contributed by atoms with Gasteiger partial charge in [-0.05, 0) is 81.0 Å². The summed E-state index contributed by atoms with van der Waals surface area (Å²) in [5.41, 5.74) is 13.0. The Bertz CT molecular complexity index is 3070. The van der Waals surface area contributed by atoms with Gasteiger partial charge in [0.05, 0.1) is 28.1 Å². The van der Waals surface area contributed by atoms with E-state index in [0.29, 0.717) is 6.67 Å². The van der Waals surface area contributed by atoms with E-state index in [1.54, 1.807) is 0 Å². The van der Waals surface area contributed by atoms with Crippen molar-refractivity contribution < 1.29 is 4.74 Å². The minimum Gasteiger partial charge on any atom is -0.457 e. The zero-order chi connectivity index (χ0) is 40.8. The van der Waals surface area contributed by atoms with Crippen LogP contribution >= 0.6 is 0 Å². The Balaban J connectivity index is 1.01. The molecule has 0 unspecified atom stereocenters. The number of para-hydroxylation sites is 3. The summed E-state index contributed by atoms with van der Waals surface area (Å²) < 4.78 is 9.33.